The molecule has 1 atom stereocenters. The fourth-order valence-corrected chi connectivity index (χ4v) is 3.88. The van der Waals surface area contributed by atoms with Crippen LogP contribution in [-0.4, -0.2) is 0 Å². The smallest absolute Gasteiger partial charge is 0 e. The Morgan fingerprint density at radius 3 is 2.70 bits per heavy atom. The Morgan fingerprint density at radius 2 is 1.80 bits per heavy atom. The Balaban J connectivity index is 0.000000810. The maximum atomic E-state index is 2.22. The molecular formula is C6H7P3Ru. The van der Waals surface area contributed by atoms with E-state index < -0.39 is 0 Å². The molecular weight excluding hydrogens is 266 g/mol. The van der Waals surface area contributed by atoms with Gasteiger partial charge in [-0.2, -0.15) is 0 Å². The molecule has 0 fully saturated rings. The zero-order valence-corrected chi connectivity index (χ0v) is 9.74. The molecule has 0 aromatic carbocycles. The van der Waals surface area contributed by atoms with Gasteiger partial charge in [-0.15, -0.1) is 7.87 Å². The first-order valence-corrected chi connectivity index (χ1v) is 7.12. The predicted octanol–water partition coefficient (Wildman–Crippen LogP) is 4.00. The summed E-state index contributed by atoms with van der Waals surface area (Å²) in [6, 6.07) is 8.33. The summed E-state index contributed by atoms with van der Waals surface area (Å²) in [6.45, 7) is 0. The summed E-state index contributed by atoms with van der Waals surface area (Å²) in [4.78, 5) is 0. The standard InChI is InChI=1S/C6H7P3.Ru/c1-2-4-6-8-9-7-5-3-1;/h1-7H;. The van der Waals surface area contributed by atoms with E-state index in [1.807, 2.05) is 0 Å². The van der Waals surface area contributed by atoms with Crippen molar-refractivity contribution in [1.82, 2.24) is 0 Å². The summed E-state index contributed by atoms with van der Waals surface area (Å²) < 4.78 is 0. The predicted molar refractivity (Wildman–Crippen MR) is 48.6 cm³/mol. The second-order valence-electron chi connectivity index (χ2n) is 1.43. The summed E-state index contributed by atoms with van der Waals surface area (Å²) in [7, 11) is 3.88. The topological polar surface area (TPSA) is 0 Å². The minimum absolute atomic E-state index is 0. The van der Waals surface area contributed by atoms with Gasteiger partial charge >= 0.3 is 0 Å². The second kappa shape index (κ2) is 7.85. The minimum Gasteiger partial charge on any atom is -0.106 e. The van der Waals surface area contributed by atoms with E-state index >= 15 is 0 Å². The molecule has 10 heavy (non-hydrogen) atoms. The third kappa shape index (κ3) is 5.52. The molecule has 1 unspecified atom stereocenters. The maximum Gasteiger partial charge on any atom is 0 e. The first-order valence-electron chi connectivity index (χ1n) is 2.64. The SMILES string of the molecule is [Ru].c1ccc[pH]ppcc1. The molecule has 1 heterocycles. The molecule has 0 saturated carbocycles. The van der Waals surface area contributed by atoms with Crippen LogP contribution in [0.5, 0.6) is 0 Å². The van der Waals surface area contributed by atoms with E-state index in [0.29, 0.717) is 0 Å². The Bertz CT molecular complexity index is 135. The van der Waals surface area contributed by atoms with E-state index in [1.54, 1.807) is 0 Å². The zero-order chi connectivity index (χ0) is 6.36. The average molecular weight is 273 g/mol. The van der Waals surface area contributed by atoms with Gasteiger partial charge in [-0.05, 0) is 27.0 Å². The van der Waals surface area contributed by atoms with Crippen LogP contribution in [0, 0.1) is 0 Å². The van der Waals surface area contributed by atoms with Gasteiger partial charge in [-0.3, -0.25) is 0 Å². The van der Waals surface area contributed by atoms with Crippen molar-refractivity contribution in [3.63, 3.8) is 0 Å². The molecule has 1 rings (SSSR count). The van der Waals surface area contributed by atoms with Gasteiger partial charge in [-0.25, -0.2) is 0 Å². The molecule has 4 heteroatoms. The molecule has 0 radical (unpaired) electrons. The van der Waals surface area contributed by atoms with Gasteiger partial charge in [0.15, 0.2) is 0 Å². The third-order valence-electron chi connectivity index (χ3n) is 0.772. The van der Waals surface area contributed by atoms with Crippen LogP contribution in [-0.2, 0) is 19.5 Å². The van der Waals surface area contributed by atoms with Gasteiger partial charge in [0.2, 0.25) is 0 Å². The molecule has 1 aromatic heterocycles. The summed E-state index contributed by atoms with van der Waals surface area (Å²) in [6.07, 6.45) is 0. The van der Waals surface area contributed by atoms with E-state index in [2.05, 4.69) is 35.9 Å². The van der Waals surface area contributed by atoms with Crippen LogP contribution in [0.2, 0.25) is 0 Å². The summed E-state index contributed by atoms with van der Waals surface area (Å²) >= 11 is 0. The Morgan fingerprint density at radius 1 is 1.00 bits per heavy atom. The summed E-state index contributed by atoms with van der Waals surface area (Å²) in [5, 5.41) is 0. The van der Waals surface area contributed by atoms with E-state index in [0.717, 1.165) is 7.87 Å². The number of hydrogen-bond donors (Lipinski definition) is 0. The largest absolute Gasteiger partial charge is 0.106 e. The Hall–Kier alpha value is 0.743. The average Bonchev–Trinajstić information content (AvgIpc) is 2.00. The molecule has 0 aliphatic heterocycles. The number of hydrogen-bond acceptors (Lipinski definition) is 0. The van der Waals surface area contributed by atoms with Gasteiger partial charge in [0, 0.05) is 19.5 Å². The Kier molecular flexibility index (Phi) is 8.43. The van der Waals surface area contributed by atoms with Crippen LogP contribution in [0.15, 0.2) is 35.9 Å². The van der Waals surface area contributed by atoms with Crippen molar-refractivity contribution in [3.8, 4) is 0 Å². The molecule has 0 nitrogen and oxygen atoms in total. The van der Waals surface area contributed by atoms with Gasteiger partial charge in [0.05, 0.1) is 0 Å². The summed E-state index contributed by atoms with van der Waals surface area (Å²) in [5.74, 6) is 4.40. The van der Waals surface area contributed by atoms with E-state index in [1.165, 1.54) is 15.4 Å². The molecule has 0 saturated heterocycles. The molecule has 1 aromatic rings. The molecule has 0 amide bonds. The molecule has 0 N–H and O–H groups in total. The normalized spacial score (nSPS) is 9.60. The molecule has 0 bridgehead atoms. The van der Waals surface area contributed by atoms with E-state index in [9.17, 15) is 0 Å². The monoisotopic (exact) mass is 274 g/mol. The van der Waals surface area contributed by atoms with Crippen molar-refractivity contribution < 1.29 is 19.5 Å². The van der Waals surface area contributed by atoms with Crippen LogP contribution >= 0.6 is 23.3 Å². The minimum atomic E-state index is 0. The van der Waals surface area contributed by atoms with Crippen LogP contribution in [0.1, 0.15) is 0 Å². The quantitative estimate of drug-likeness (QED) is 0.627. The van der Waals surface area contributed by atoms with Crippen molar-refractivity contribution in [2.75, 3.05) is 0 Å². The van der Waals surface area contributed by atoms with E-state index in [-0.39, 0.29) is 19.5 Å². The first-order chi connectivity index (χ1) is 4.50. The molecule has 0 aliphatic carbocycles. The second-order valence-corrected chi connectivity index (χ2v) is 6.62. The maximum absolute atomic E-state index is 2.22. The van der Waals surface area contributed by atoms with Crippen molar-refractivity contribution in [3.05, 3.63) is 35.9 Å². The first kappa shape index (κ1) is 10.7. The van der Waals surface area contributed by atoms with Crippen molar-refractivity contribution in [2.45, 2.75) is 0 Å². The van der Waals surface area contributed by atoms with Gasteiger partial charge in [0.1, 0.15) is 0 Å². The van der Waals surface area contributed by atoms with Crippen LogP contribution in [0.25, 0.3) is 0 Å². The third-order valence-corrected chi connectivity index (χ3v) is 5.27. The van der Waals surface area contributed by atoms with Crippen molar-refractivity contribution in [1.29, 1.82) is 0 Å². The van der Waals surface area contributed by atoms with Gasteiger partial charge < -0.3 is 0 Å². The molecule has 54 valence electrons. The molecule has 0 aliphatic rings. The fraction of sp³-hybridized carbons (Fsp3) is 0. The van der Waals surface area contributed by atoms with Gasteiger partial charge in [0.25, 0.3) is 0 Å². The van der Waals surface area contributed by atoms with Crippen LogP contribution < -0.4 is 0 Å². The van der Waals surface area contributed by atoms with E-state index in [4.69, 9.17) is 0 Å². The fourth-order valence-electron chi connectivity index (χ4n) is 0.415. The van der Waals surface area contributed by atoms with Crippen molar-refractivity contribution in [2.24, 2.45) is 0 Å². The zero-order valence-electron chi connectivity index (χ0n) is 5.21. The Labute approximate surface area is 78.6 Å². The van der Waals surface area contributed by atoms with Gasteiger partial charge in [-0.1, -0.05) is 24.3 Å². The molecule has 0 spiro atoms. The van der Waals surface area contributed by atoms with Crippen LogP contribution in [0.4, 0.5) is 0 Å². The number of rotatable bonds is 0. The van der Waals surface area contributed by atoms with Crippen molar-refractivity contribution >= 4 is 23.3 Å². The summed E-state index contributed by atoms with van der Waals surface area (Å²) in [5.41, 5.74) is 0. The van der Waals surface area contributed by atoms with Crippen LogP contribution in [0.3, 0.4) is 0 Å².